The Morgan fingerprint density at radius 1 is 0.826 bits per heavy atom. The van der Waals surface area contributed by atoms with Crippen molar-refractivity contribution in [2.75, 3.05) is 20.0 Å². The molecule has 0 fully saturated rings. The van der Waals surface area contributed by atoms with Crippen molar-refractivity contribution >= 4 is 35.3 Å². The second-order valence-electron chi connectivity index (χ2n) is 7.43. The first kappa shape index (κ1) is 24.4. The van der Waals surface area contributed by atoms with Crippen molar-refractivity contribution in [3.63, 3.8) is 0 Å². The molecule has 0 saturated carbocycles. The Morgan fingerprint density at radius 2 is 1.48 bits per heavy atom. The van der Waals surface area contributed by atoms with Crippen LogP contribution in [0.2, 0.25) is 4.05 Å². The van der Waals surface area contributed by atoms with Crippen LogP contribution in [-0.4, -0.2) is 36.5 Å². The van der Waals surface area contributed by atoms with E-state index in [1.807, 2.05) is 0 Å². The summed E-state index contributed by atoms with van der Waals surface area (Å²) in [4.78, 5) is 0. The first-order valence-corrected chi connectivity index (χ1v) is 15.7. The van der Waals surface area contributed by atoms with Gasteiger partial charge in [0.2, 0.25) is 0 Å². The van der Waals surface area contributed by atoms with E-state index in [0.717, 1.165) is 29.1 Å². The Bertz CT molecular complexity index is 241. The average molecular weight is 451 g/mol. The molecule has 0 saturated heterocycles. The van der Waals surface area contributed by atoms with Gasteiger partial charge in [-0.05, 0) is 37.5 Å². The molecule has 0 spiro atoms. The first-order chi connectivity index (χ1) is 11.1. The van der Waals surface area contributed by atoms with Crippen molar-refractivity contribution in [1.29, 1.82) is 0 Å². The van der Waals surface area contributed by atoms with Gasteiger partial charge in [0, 0.05) is 13.2 Å². The van der Waals surface area contributed by atoms with E-state index in [1.165, 1.54) is 57.8 Å². The van der Waals surface area contributed by atoms with Crippen LogP contribution in [-0.2, 0) is 9.47 Å². The van der Waals surface area contributed by atoms with Crippen LogP contribution in [0.15, 0.2) is 0 Å². The third-order valence-electron chi connectivity index (χ3n) is 4.42. The summed E-state index contributed by atoms with van der Waals surface area (Å²) in [5.41, 5.74) is 0. The molecular weight excluding hydrogens is 411 g/mol. The van der Waals surface area contributed by atoms with Crippen molar-refractivity contribution in [1.82, 2.24) is 0 Å². The lowest BCUT2D eigenvalue weighted by Gasteiger charge is -2.19. The monoisotopic (exact) mass is 450 g/mol. The van der Waals surface area contributed by atoms with E-state index in [-0.39, 0.29) is 16.5 Å². The Kier molecular flexibility index (Phi) is 19.3. The number of hydrogen-bond acceptors (Lipinski definition) is 2. The lowest BCUT2D eigenvalue weighted by atomic mass is 9.91. The van der Waals surface area contributed by atoms with Crippen molar-refractivity contribution < 1.29 is 9.47 Å². The average Bonchev–Trinajstić information content (AvgIpc) is 2.52. The van der Waals surface area contributed by atoms with Gasteiger partial charge in [-0.25, -0.2) is 0 Å². The molecule has 0 amide bonds. The number of hydrogen-bond donors (Lipinski definition) is 0. The molecule has 23 heavy (non-hydrogen) atoms. The molecule has 3 unspecified atom stereocenters. The van der Waals surface area contributed by atoms with Gasteiger partial charge in [-0.15, -0.1) is 4.05 Å². The van der Waals surface area contributed by atoms with Crippen LogP contribution in [0.25, 0.3) is 0 Å². The van der Waals surface area contributed by atoms with E-state index in [0.29, 0.717) is 6.79 Å². The lowest BCUT2D eigenvalue weighted by Crippen LogP contribution is -2.08. The Balaban J connectivity index is 3.30. The molecule has 0 N–H and O–H groups in total. The van der Waals surface area contributed by atoms with Crippen LogP contribution >= 0.6 is 18.9 Å². The number of halogens is 1. The van der Waals surface area contributed by atoms with E-state index >= 15 is 0 Å². The largest absolute Gasteiger partial charge is 0.466 e. The summed E-state index contributed by atoms with van der Waals surface area (Å²) in [7, 11) is 0. The summed E-state index contributed by atoms with van der Waals surface area (Å²) in [5, 5.41) is 0. The molecule has 0 aliphatic carbocycles. The summed E-state index contributed by atoms with van der Waals surface area (Å²) < 4.78 is 12.1. The quantitative estimate of drug-likeness (QED) is 0.107. The van der Waals surface area contributed by atoms with Crippen molar-refractivity contribution in [2.45, 2.75) is 89.5 Å². The van der Waals surface area contributed by atoms with Crippen LogP contribution in [0.5, 0.6) is 0 Å². The minimum atomic E-state index is 0.161. The third-order valence-corrected chi connectivity index (χ3v) is 9.79. The molecule has 0 heterocycles. The van der Waals surface area contributed by atoms with Gasteiger partial charge in [-0.2, -0.15) is 0 Å². The molecule has 0 rings (SSSR count). The molecule has 2 nitrogen and oxygen atoms in total. The van der Waals surface area contributed by atoms with Gasteiger partial charge in [0.25, 0.3) is 0 Å². The van der Waals surface area contributed by atoms with Crippen LogP contribution in [0, 0.1) is 11.8 Å². The zero-order chi connectivity index (χ0) is 17.3. The maximum Gasteiger partial charge on any atom is 0.466 e. The van der Waals surface area contributed by atoms with E-state index in [2.05, 4.69) is 46.5 Å². The zero-order valence-corrected chi connectivity index (χ0v) is 19.7. The maximum absolute atomic E-state index is 5.58. The van der Waals surface area contributed by atoms with Gasteiger partial charge in [0.05, 0.1) is 0 Å². The molecular formula is C19H39IMgO2. The highest BCUT2D eigenvalue weighted by Gasteiger charge is 2.13. The summed E-state index contributed by atoms with van der Waals surface area (Å²) in [6.07, 6.45) is 11.7. The van der Waals surface area contributed by atoms with Crippen molar-refractivity contribution in [3.05, 3.63) is 0 Å². The Labute approximate surface area is 165 Å². The Hall–Kier alpha value is 1.42. The molecule has 0 aliphatic heterocycles. The maximum atomic E-state index is 5.58. The highest BCUT2D eigenvalue weighted by Crippen LogP contribution is 2.25. The molecule has 0 aliphatic rings. The van der Waals surface area contributed by atoms with Gasteiger partial charge in [-0.1, -0.05) is 59.8 Å². The molecule has 0 bridgehead atoms. The molecule has 136 valence electrons. The fourth-order valence-electron chi connectivity index (χ4n) is 3.17. The lowest BCUT2D eigenvalue weighted by molar-refractivity contribution is -0.0561. The minimum absolute atomic E-state index is 0.161. The number of ether oxygens (including phenoxy) is 2. The fraction of sp³-hybridized carbons (Fsp3) is 1.00. The second-order valence-corrected chi connectivity index (χ2v) is 11.8. The molecule has 0 aromatic heterocycles. The fourth-order valence-corrected chi connectivity index (χ4v) is 4.94. The van der Waals surface area contributed by atoms with Gasteiger partial charge < -0.3 is 28.3 Å². The summed E-state index contributed by atoms with van der Waals surface area (Å²) in [6, 6.07) is 0. The van der Waals surface area contributed by atoms with E-state index in [9.17, 15) is 0 Å². The summed E-state index contributed by atoms with van der Waals surface area (Å²) in [5.74, 6) is 1.72. The number of rotatable bonds is 17. The zero-order valence-electron chi connectivity index (χ0n) is 16.1. The first-order valence-electron chi connectivity index (χ1n) is 9.81. The highest BCUT2D eigenvalue weighted by molar-refractivity contribution is 14.1. The van der Waals surface area contributed by atoms with Gasteiger partial charge in [-0.3, -0.25) is 0 Å². The minimum Gasteiger partial charge on any atom is -0.355 e. The highest BCUT2D eigenvalue weighted by atomic mass is 127. The van der Waals surface area contributed by atoms with Crippen LogP contribution in [0.1, 0.15) is 85.5 Å². The van der Waals surface area contributed by atoms with Crippen LogP contribution in [0.4, 0.5) is 0 Å². The van der Waals surface area contributed by atoms with Gasteiger partial charge in [0.1, 0.15) is 6.79 Å². The summed E-state index contributed by atoms with van der Waals surface area (Å²) >= 11 is 2.80. The topological polar surface area (TPSA) is 18.5 Å². The smallest absolute Gasteiger partial charge is 0.355 e. The van der Waals surface area contributed by atoms with E-state index in [4.69, 9.17) is 9.47 Å². The van der Waals surface area contributed by atoms with Gasteiger partial charge in [0.15, 0.2) is 0 Å². The Morgan fingerprint density at radius 3 is 2.13 bits per heavy atom. The SMILES string of the molecule is CCCCCCCOCOCCCC(C)CC(C)C[CH](C)[Mg][I]. The standard InChI is InChI=1S/C19H39O2.HI.Mg/c1-5-7-8-9-10-14-20-17-21-15-11-13-19(4)16-18(3)12-6-2;;/h6,18-19H,5,7-17H2,1-4H3;1H;/q;;+1/p-1. The molecule has 0 aromatic rings. The normalized spacial score (nSPS) is 15.2. The molecule has 4 heteroatoms. The predicted molar refractivity (Wildman–Crippen MR) is 112 cm³/mol. The van der Waals surface area contributed by atoms with Gasteiger partial charge >= 0.3 is 16.5 Å². The van der Waals surface area contributed by atoms with Crippen LogP contribution < -0.4 is 0 Å². The predicted octanol–water partition coefficient (Wildman–Crippen LogP) is 6.64. The molecule has 0 radical (unpaired) electrons. The van der Waals surface area contributed by atoms with E-state index < -0.39 is 0 Å². The summed E-state index contributed by atoms with van der Waals surface area (Å²) in [6.45, 7) is 11.7. The molecule has 3 atom stereocenters. The number of unbranched alkanes of at least 4 members (excludes halogenated alkanes) is 4. The van der Waals surface area contributed by atoms with Crippen molar-refractivity contribution in [3.8, 4) is 0 Å². The second kappa shape index (κ2) is 18.2. The van der Waals surface area contributed by atoms with Crippen LogP contribution in [0.3, 0.4) is 0 Å². The molecule has 0 aromatic carbocycles. The third kappa shape index (κ3) is 18.0. The van der Waals surface area contributed by atoms with Crippen molar-refractivity contribution in [2.24, 2.45) is 11.8 Å². The van der Waals surface area contributed by atoms with E-state index in [1.54, 1.807) is 0 Å².